The van der Waals surface area contributed by atoms with E-state index in [2.05, 4.69) is 0 Å². The number of allylic oxidation sites excluding steroid dienone is 1. The Bertz CT molecular complexity index is 1560. The minimum atomic E-state index is -3.91. The van der Waals surface area contributed by atoms with Crippen LogP contribution in [0.3, 0.4) is 0 Å². The van der Waals surface area contributed by atoms with Crippen molar-refractivity contribution >= 4 is 25.6 Å². The van der Waals surface area contributed by atoms with Gasteiger partial charge in [0.1, 0.15) is 17.7 Å². The second-order valence-corrected chi connectivity index (χ2v) is 14.4. The van der Waals surface area contributed by atoms with Crippen LogP contribution in [-0.4, -0.2) is 76.0 Å². The van der Waals surface area contributed by atoms with Crippen LogP contribution in [0, 0.1) is 22.7 Å². The number of fused-ring (bicyclic) bond motifs is 3. The highest BCUT2D eigenvalue weighted by Crippen LogP contribution is 2.47. The van der Waals surface area contributed by atoms with E-state index in [0.717, 1.165) is 0 Å². The first kappa shape index (κ1) is 28.4. The number of nitrogens with zero attached hydrogens (tertiary/aromatic N) is 4. The molecule has 0 N–H and O–H groups in total. The molecule has 40 heavy (non-hydrogen) atoms. The molecule has 0 unspecified atom stereocenters. The molecule has 0 saturated carbocycles. The summed E-state index contributed by atoms with van der Waals surface area (Å²) in [6, 6.07) is 13.1. The normalized spacial score (nSPS) is 25.5. The maximum Gasteiger partial charge on any atom is 0.243 e. The lowest BCUT2D eigenvalue weighted by Gasteiger charge is -2.34. The van der Waals surface area contributed by atoms with Crippen LogP contribution in [0.2, 0.25) is 0 Å². The molecule has 2 aromatic rings. The highest BCUT2D eigenvalue weighted by atomic mass is 32.2. The van der Waals surface area contributed by atoms with Crippen LogP contribution in [0.1, 0.15) is 38.8 Å². The Balaban J connectivity index is 1.61. The minimum Gasteiger partial charge on any atom is -0.373 e. The summed E-state index contributed by atoms with van der Waals surface area (Å²) < 4.78 is 68.6. The van der Waals surface area contributed by atoms with E-state index in [-0.39, 0.29) is 71.5 Å². The first-order valence-corrected chi connectivity index (χ1v) is 15.9. The van der Waals surface area contributed by atoms with E-state index in [9.17, 15) is 27.4 Å². The average molecular weight is 583 g/mol. The first-order chi connectivity index (χ1) is 18.9. The summed E-state index contributed by atoms with van der Waals surface area (Å²) in [5.74, 6) is 0. The third-order valence-electron chi connectivity index (χ3n) is 7.33. The van der Waals surface area contributed by atoms with Crippen LogP contribution < -0.4 is 0 Å². The van der Waals surface area contributed by atoms with Crippen LogP contribution in [-0.2, 0) is 29.5 Å². The molecule has 3 aliphatic rings. The van der Waals surface area contributed by atoms with Crippen molar-refractivity contribution in [3.8, 4) is 23.3 Å². The SMILES string of the molecule is C[C@@H]1CN(S(=O)(=O)c2ccc3c(c2)C(=C(C#N)C#N)c2cc(S(=O)(=O)N4C[C@H](C)O[C@@H](C)C4)ccc2-3)C[C@@H](C)O1. The lowest BCUT2D eigenvalue weighted by Crippen LogP contribution is -2.48. The number of rotatable bonds is 4. The predicted octanol–water partition coefficient (Wildman–Crippen LogP) is 3.11. The van der Waals surface area contributed by atoms with Gasteiger partial charge in [-0.25, -0.2) is 16.8 Å². The van der Waals surface area contributed by atoms with Crippen LogP contribution in [0.25, 0.3) is 16.7 Å². The standard InChI is InChI=1S/C28H30N4O6S2/c1-17-13-31(14-18(2)37-17)39(33,34)22-5-7-24-25-8-6-23(40(35,36)32-15-19(3)38-20(4)16-32)10-27(25)28(26(24)9-22)21(11-29)12-30/h5-10,17-20H,13-16H2,1-4H3/t17-,18-,19+,20+. The molecule has 2 aliphatic heterocycles. The molecule has 0 aromatic heterocycles. The molecule has 210 valence electrons. The zero-order chi connectivity index (χ0) is 29.0. The second-order valence-electron chi connectivity index (χ2n) is 10.5. The van der Waals surface area contributed by atoms with E-state index < -0.39 is 20.0 Å². The van der Waals surface area contributed by atoms with E-state index >= 15 is 0 Å². The van der Waals surface area contributed by atoms with Crippen molar-refractivity contribution in [3.05, 3.63) is 53.1 Å². The highest BCUT2D eigenvalue weighted by molar-refractivity contribution is 7.89. The third kappa shape index (κ3) is 4.85. The minimum absolute atomic E-state index is 0.0252. The smallest absolute Gasteiger partial charge is 0.243 e. The maximum absolute atomic E-state index is 13.6. The Hall–Kier alpha value is -3.10. The number of hydrogen-bond acceptors (Lipinski definition) is 8. The van der Waals surface area contributed by atoms with Crippen molar-refractivity contribution in [2.75, 3.05) is 26.2 Å². The topological polar surface area (TPSA) is 141 Å². The molecule has 12 heteroatoms. The molecule has 2 saturated heterocycles. The Kier molecular flexibility index (Phi) is 7.38. The summed E-state index contributed by atoms with van der Waals surface area (Å²) in [7, 11) is -7.81. The van der Waals surface area contributed by atoms with E-state index in [1.165, 1.54) is 32.9 Å². The van der Waals surface area contributed by atoms with Gasteiger partial charge in [0.2, 0.25) is 20.0 Å². The van der Waals surface area contributed by atoms with Crippen LogP contribution in [0.5, 0.6) is 0 Å². The molecule has 1 aliphatic carbocycles. The van der Waals surface area contributed by atoms with Gasteiger partial charge in [0.25, 0.3) is 0 Å². The summed E-state index contributed by atoms with van der Waals surface area (Å²) in [5, 5.41) is 19.6. The number of morpholine rings is 2. The quantitative estimate of drug-likeness (QED) is 0.428. The maximum atomic E-state index is 13.6. The van der Waals surface area contributed by atoms with Gasteiger partial charge in [0, 0.05) is 31.8 Å². The lowest BCUT2D eigenvalue weighted by molar-refractivity contribution is -0.0442. The molecular formula is C28H30N4O6S2. The highest BCUT2D eigenvalue weighted by Gasteiger charge is 2.36. The van der Waals surface area contributed by atoms with Gasteiger partial charge < -0.3 is 9.47 Å². The Morgan fingerprint density at radius 2 is 1.02 bits per heavy atom. The molecule has 2 fully saturated rings. The number of sulfonamides is 2. The summed E-state index contributed by atoms with van der Waals surface area (Å²) >= 11 is 0. The van der Waals surface area contributed by atoms with E-state index in [4.69, 9.17) is 9.47 Å². The molecule has 0 bridgehead atoms. The Morgan fingerprint density at radius 1 is 0.675 bits per heavy atom. The van der Waals surface area contributed by atoms with Gasteiger partial charge in [-0.15, -0.1) is 0 Å². The zero-order valence-electron chi connectivity index (χ0n) is 22.7. The van der Waals surface area contributed by atoms with E-state index in [1.54, 1.807) is 12.1 Å². The number of nitriles is 2. The van der Waals surface area contributed by atoms with Crippen molar-refractivity contribution < 1.29 is 26.3 Å². The second kappa shape index (κ2) is 10.4. The lowest BCUT2D eigenvalue weighted by atomic mass is 9.99. The molecule has 4 atom stereocenters. The van der Waals surface area contributed by atoms with Crippen LogP contribution in [0.15, 0.2) is 51.8 Å². The van der Waals surface area contributed by atoms with Gasteiger partial charge in [-0.05, 0) is 74.2 Å². The van der Waals surface area contributed by atoms with Crippen molar-refractivity contribution in [1.82, 2.24) is 8.61 Å². The molecule has 5 rings (SSSR count). The molecule has 10 nitrogen and oxygen atoms in total. The van der Waals surface area contributed by atoms with Gasteiger partial charge in [0.15, 0.2) is 0 Å². The molecule has 0 amide bonds. The summed E-state index contributed by atoms with van der Waals surface area (Å²) in [6.07, 6.45) is -1.08. The van der Waals surface area contributed by atoms with Gasteiger partial charge in [-0.1, -0.05) is 12.1 Å². The van der Waals surface area contributed by atoms with Gasteiger partial charge in [-0.2, -0.15) is 19.1 Å². The number of ether oxygens (including phenoxy) is 2. The van der Waals surface area contributed by atoms with E-state index in [1.807, 2.05) is 39.8 Å². The number of hydrogen-bond donors (Lipinski definition) is 0. The third-order valence-corrected chi connectivity index (χ3v) is 11.0. The van der Waals surface area contributed by atoms with Crippen LogP contribution >= 0.6 is 0 Å². The fourth-order valence-corrected chi connectivity index (χ4v) is 8.99. The molecule has 0 spiro atoms. The van der Waals surface area contributed by atoms with E-state index in [0.29, 0.717) is 22.3 Å². The van der Waals surface area contributed by atoms with Crippen molar-refractivity contribution in [2.24, 2.45) is 0 Å². The van der Waals surface area contributed by atoms with Crippen molar-refractivity contribution in [2.45, 2.75) is 61.9 Å². The first-order valence-electron chi connectivity index (χ1n) is 13.0. The monoisotopic (exact) mass is 582 g/mol. The molecule has 0 radical (unpaired) electrons. The molecule has 2 aromatic carbocycles. The largest absolute Gasteiger partial charge is 0.373 e. The fourth-order valence-electron chi connectivity index (χ4n) is 5.75. The fraction of sp³-hybridized carbons (Fsp3) is 0.429. The Morgan fingerprint density at radius 3 is 1.35 bits per heavy atom. The molecular weight excluding hydrogens is 552 g/mol. The van der Waals surface area contributed by atoms with Crippen LogP contribution in [0.4, 0.5) is 0 Å². The van der Waals surface area contributed by atoms with Gasteiger partial charge >= 0.3 is 0 Å². The summed E-state index contributed by atoms with van der Waals surface area (Å²) in [6.45, 7) is 8.07. The average Bonchev–Trinajstić information content (AvgIpc) is 3.21. The summed E-state index contributed by atoms with van der Waals surface area (Å²) in [4.78, 5) is 0.0504. The summed E-state index contributed by atoms with van der Waals surface area (Å²) in [5.41, 5.74) is 2.02. The predicted molar refractivity (Wildman–Crippen MR) is 147 cm³/mol. The van der Waals surface area contributed by atoms with Gasteiger partial charge in [0.05, 0.1) is 34.2 Å². The van der Waals surface area contributed by atoms with Crippen molar-refractivity contribution in [1.29, 1.82) is 10.5 Å². The van der Waals surface area contributed by atoms with Gasteiger partial charge in [-0.3, -0.25) is 0 Å². The number of benzene rings is 2. The van der Waals surface area contributed by atoms with Crippen molar-refractivity contribution in [3.63, 3.8) is 0 Å². The Labute approximate surface area is 235 Å². The molecule has 2 heterocycles. The zero-order valence-corrected chi connectivity index (χ0v) is 24.3.